The van der Waals surface area contributed by atoms with Gasteiger partial charge >= 0.3 is 0 Å². The van der Waals surface area contributed by atoms with Crippen LogP contribution < -0.4 is 11.1 Å². The minimum atomic E-state index is -0.588. The van der Waals surface area contributed by atoms with Crippen LogP contribution in [0.2, 0.25) is 5.02 Å². The molecule has 0 heterocycles. The highest BCUT2D eigenvalue weighted by molar-refractivity contribution is 6.34. The van der Waals surface area contributed by atoms with Crippen molar-refractivity contribution in [3.8, 4) is 0 Å². The monoisotopic (exact) mass is 256 g/mol. The number of carbonyl (C=O) groups excluding carboxylic acids is 1. The van der Waals surface area contributed by atoms with E-state index in [-0.39, 0.29) is 22.5 Å². The summed E-state index contributed by atoms with van der Waals surface area (Å²) in [4.78, 5) is 11.9. The zero-order chi connectivity index (χ0) is 12.4. The Labute approximate surface area is 104 Å². The van der Waals surface area contributed by atoms with Crippen LogP contribution in [0.25, 0.3) is 0 Å². The van der Waals surface area contributed by atoms with Gasteiger partial charge in [0.05, 0.1) is 10.6 Å². The van der Waals surface area contributed by atoms with Crippen molar-refractivity contribution in [2.24, 2.45) is 11.7 Å². The van der Waals surface area contributed by atoms with Crippen molar-refractivity contribution in [2.75, 3.05) is 6.54 Å². The van der Waals surface area contributed by atoms with Crippen LogP contribution in [0, 0.1) is 11.7 Å². The van der Waals surface area contributed by atoms with Gasteiger partial charge in [-0.05, 0) is 30.9 Å². The fourth-order valence-corrected chi connectivity index (χ4v) is 2.00. The number of rotatable bonds is 4. The topological polar surface area (TPSA) is 55.1 Å². The van der Waals surface area contributed by atoms with E-state index in [4.69, 9.17) is 17.3 Å². The largest absolute Gasteiger partial charge is 0.348 e. The predicted molar refractivity (Wildman–Crippen MR) is 64.4 cm³/mol. The van der Waals surface area contributed by atoms with Crippen molar-refractivity contribution >= 4 is 17.5 Å². The van der Waals surface area contributed by atoms with Crippen LogP contribution in [0.4, 0.5) is 4.39 Å². The van der Waals surface area contributed by atoms with Gasteiger partial charge in [-0.15, -0.1) is 0 Å². The third-order valence-electron chi connectivity index (χ3n) is 2.96. The molecule has 0 aliphatic heterocycles. The van der Waals surface area contributed by atoms with Gasteiger partial charge < -0.3 is 11.1 Å². The Morgan fingerprint density at radius 2 is 2.29 bits per heavy atom. The molecule has 0 bridgehead atoms. The highest BCUT2D eigenvalue weighted by Gasteiger charge is 2.31. The Bertz CT molecular complexity index is 435. The highest BCUT2D eigenvalue weighted by atomic mass is 35.5. The van der Waals surface area contributed by atoms with Crippen LogP contribution in [-0.2, 0) is 0 Å². The number of hydrogen-bond donors (Lipinski definition) is 2. The highest BCUT2D eigenvalue weighted by Crippen LogP contribution is 2.32. The summed E-state index contributed by atoms with van der Waals surface area (Å²) in [5.41, 5.74) is 5.74. The molecule has 0 saturated heterocycles. The molecule has 3 nitrogen and oxygen atoms in total. The molecule has 0 aromatic heterocycles. The number of nitrogens with one attached hydrogen (secondary N) is 1. The molecule has 1 aliphatic carbocycles. The van der Waals surface area contributed by atoms with Crippen LogP contribution in [0.5, 0.6) is 0 Å². The second kappa shape index (κ2) is 5.02. The van der Waals surface area contributed by atoms with E-state index >= 15 is 0 Å². The standard InChI is InChI=1S/C12H14ClFN2O/c13-11-8(2-1-3-9(11)14)12(17)16-10(6-15)7-4-5-7/h1-3,7,10H,4-6,15H2,(H,16,17). The first kappa shape index (κ1) is 12.3. The molecule has 1 aromatic carbocycles. The molecule has 1 saturated carbocycles. The van der Waals surface area contributed by atoms with E-state index in [2.05, 4.69) is 5.32 Å². The van der Waals surface area contributed by atoms with Crippen molar-refractivity contribution in [1.82, 2.24) is 5.32 Å². The maximum absolute atomic E-state index is 13.2. The number of halogens is 2. The summed E-state index contributed by atoms with van der Waals surface area (Å²) in [6.45, 7) is 0.392. The van der Waals surface area contributed by atoms with Gasteiger partial charge in [-0.2, -0.15) is 0 Å². The predicted octanol–water partition coefficient (Wildman–Crippen LogP) is 1.95. The summed E-state index contributed by atoms with van der Waals surface area (Å²) in [7, 11) is 0. The average molecular weight is 257 g/mol. The SMILES string of the molecule is NCC(NC(=O)c1cccc(F)c1Cl)C1CC1. The molecule has 92 valence electrons. The normalized spacial score (nSPS) is 16.6. The molecule has 2 rings (SSSR count). The van der Waals surface area contributed by atoms with E-state index in [0.29, 0.717) is 12.5 Å². The number of benzene rings is 1. The molecule has 5 heteroatoms. The third-order valence-corrected chi connectivity index (χ3v) is 3.34. The minimum Gasteiger partial charge on any atom is -0.348 e. The molecule has 1 unspecified atom stereocenters. The maximum Gasteiger partial charge on any atom is 0.253 e. The first-order chi connectivity index (χ1) is 8.13. The summed E-state index contributed by atoms with van der Waals surface area (Å²) in [5.74, 6) is -0.497. The minimum absolute atomic E-state index is 0.0400. The number of nitrogens with two attached hydrogens (primary N) is 1. The molecule has 1 aromatic rings. The third kappa shape index (κ3) is 2.76. The Hall–Kier alpha value is -1.13. The Morgan fingerprint density at radius 3 is 2.88 bits per heavy atom. The number of hydrogen-bond acceptors (Lipinski definition) is 2. The van der Waals surface area contributed by atoms with Crippen molar-refractivity contribution in [3.63, 3.8) is 0 Å². The van der Waals surface area contributed by atoms with Gasteiger partial charge in [0.15, 0.2) is 0 Å². The van der Waals surface area contributed by atoms with Gasteiger partial charge in [0, 0.05) is 12.6 Å². The van der Waals surface area contributed by atoms with Crippen LogP contribution in [0.1, 0.15) is 23.2 Å². The maximum atomic E-state index is 13.2. The van der Waals surface area contributed by atoms with E-state index in [9.17, 15) is 9.18 Å². The second-order valence-corrected chi connectivity index (χ2v) is 4.63. The zero-order valence-electron chi connectivity index (χ0n) is 9.25. The number of carbonyl (C=O) groups is 1. The Kier molecular flexibility index (Phi) is 3.64. The Morgan fingerprint density at radius 1 is 1.59 bits per heavy atom. The van der Waals surface area contributed by atoms with Gasteiger partial charge in [0.2, 0.25) is 0 Å². The van der Waals surface area contributed by atoms with Crippen LogP contribution in [-0.4, -0.2) is 18.5 Å². The lowest BCUT2D eigenvalue weighted by atomic mass is 10.1. The molecular weight excluding hydrogens is 243 g/mol. The summed E-state index contributed by atoms with van der Waals surface area (Å²) in [6, 6.07) is 4.15. The quantitative estimate of drug-likeness (QED) is 0.865. The van der Waals surface area contributed by atoms with E-state index < -0.39 is 5.82 Å². The summed E-state index contributed by atoms with van der Waals surface area (Å²) in [5, 5.41) is 2.66. The van der Waals surface area contributed by atoms with Crippen LogP contribution >= 0.6 is 11.6 Å². The number of amides is 1. The molecule has 3 N–H and O–H groups in total. The lowest BCUT2D eigenvalue weighted by Crippen LogP contribution is -2.41. The molecule has 1 fully saturated rings. The average Bonchev–Trinajstić information content (AvgIpc) is 3.13. The molecule has 1 aliphatic rings. The van der Waals surface area contributed by atoms with E-state index in [1.807, 2.05) is 0 Å². The summed E-state index contributed by atoms with van der Waals surface area (Å²) >= 11 is 5.74. The van der Waals surface area contributed by atoms with E-state index in [1.54, 1.807) is 0 Å². The van der Waals surface area contributed by atoms with Gasteiger partial charge in [0.1, 0.15) is 5.82 Å². The van der Waals surface area contributed by atoms with Gasteiger partial charge in [0.25, 0.3) is 5.91 Å². The molecule has 17 heavy (non-hydrogen) atoms. The van der Waals surface area contributed by atoms with Gasteiger partial charge in [-0.25, -0.2) is 4.39 Å². The van der Waals surface area contributed by atoms with Crippen molar-refractivity contribution in [2.45, 2.75) is 18.9 Å². The van der Waals surface area contributed by atoms with Gasteiger partial charge in [-0.1, -0.05) is 17.7 Å². The van der Waals surface area contributed by atoms with Crippen molar-refractivity contribution in [3.05, 3.63) is 34.6 Å². The van der Waals surface area contributed by atoms with Crippen LogP contribution in [0.15, 0.2) is 18.2 Å². The summed E-state index contributed by atoms with van der Waals surface area (Å²) in [6.07, 6.45) is 2.16. The smallest absolute Gasteiger partial charge is 0.253 e. The van der Waals surface area contributed by atoms with Gasteiger partial charge in [-0.3, -0.25) is 4.79 Å². The molecule has 0 radical (unpaired) electrons. The lowest BCUT2D eigenvalue weighted by molar-refractivity contribution is 0.0933. The lowest BCUT2D eigenvalue weighted by Gasteiger charge is -2.16. The Balaban J connectivity index is 2.11. The molecule has 0 spiro atoms. The fourth-order valence-electron chi connectivity index (χ4n) is 1.79. The second-order valence-electron chi connectivity index (χ2n) is 4.25. The molecular formula is C12H14ClFN2O. The molecule has 1 amide bonds. The fraction of sp³-hybridized carbons (Fsp3) is 0.417. The van der Waals surface area contributed by atoms with E-state index in [0.717, 1.165) is 12.8 Å². The van der Waals surface area contributed by atoms with Crippen molar-refractivity contribution < 1.29 is 9.18 Å². The zero-order valence-corrected chi connectivity index (χ0v) is 10.0. The summed E-state index contributed by atoms with van der Waals surface area (Å²) < 4.78 is 13.2. The first-order valence-corrected chi connectivity index (χ1v) is 5.96. The first-order valence-electron chi connectivity index (χ1n) is 5.58. The van der Waals surface area contributed by atoms with E-state index in [1.165, 1.54) is 18.2 Å². The molecule has 1 atom stereocenters. The van der Waals surface area contributed by atoms with Crippen LogP contribution in [0.3, 0.4) is 0 Å². The van der Waals surface area contributed by atoms with Crippen molar-refractivity contribution in [1.29, 1.82) is 0 Å².